The maximum absolute atomic E-state index is 11.3. The summed E-state index contributed by atoms with van der Waals surface area (Å²) in [4.78, 5) is 0. The summed E-state index contributed by atoms with van der Waals surface area (Å²) in [6.45, 7) is 0. The summed E-state index contributed by atoms with van der Waals surface area (Å²) in [5.74, 6) is -0.543. The Morgan fingerprint density at radius 1 is 0.808 bits per heavy atom. The monoisotopic (exact) mass is 410 g/mol. The molecule has 146 valence electrons. The number of aryl methyl sites for hydroxylation is 2. The summed E-state index contributed by atoms with van der Waals surface area (Å²) >= 11 is 0. The van der Waals surface area contributed by atoms with Crippen molar-refractivity contribution < 1.29 is 35.9 Å². The van der Waals surface area contributed by atoms with Crippen LogP contribution in [0.2, 0.25) is 0 Å². The van der Waals surface area contributed by atoms with E-state index >= 15 is 0 Å². The second-order valence-electron chi connectivity index (χ2n) is 5.72. The molecule has 12 nitrogen and oxygen atoms in total. The van der Waals surface area contributed by atoms with E-state index in [1.54, 1.807) is 0 Å². The second kappa shape index (κ2) is 7.77. The van der Waals surface area contributed by atoms with Crippen LogP contribution in [0.4, 0.5) is 0 Å². The van der Waals surface area contributed by atoms with Gasteiger partial charge in [-0.05, 0) is 12.8 Å². The van der Waals surface area contributed by atoms with Crippen LogP contribution in [0.25, 0.3) is 0 Å². The fourth-order valence-electron chi connectivity index (χ4n) is 2.04. The molecule has 0 saturated carbocycles. The van der Waals surface area contributed by atoms with Gasteiger partial charge in [0, 0.05) is 31.3 Å². The molecular formula is C12H18N4O8S2. The minimum absolute atomic E-state index is 0.0493. The lowest BCUT2D eigenvalue weighted by molar-refractivity contribution is -0.0883. The van der Waals surface area contributed by atoms with Crippen LogP contribution in [-0.2, 0) is 32.5 Å². The molecule has 0 aromatic carbocycles. The van der Waals surface area contributed by atoms with Crippen molar-refractivity contribution >= 4 is 19.7 Å². The van der Waals surface area contributed by atoms with Crippen molar-refractivity contribution in [2.75, 3.05) is 12.5 Å². The van der Waals surface area contributed by atoms with E-state index in [4.69, 9.17) is 8.83 Å². The van der Waals surface area contributed by atoms with E-state index in [1.165, 1.54) is 0 Å². The van der Waals surface area contributed by atoms with Crippen molar-refractivity contribution in [3.05, 3.63) is 11.8 Å². The Morgan fingerprint density at radius 3 is 1.46 bits per heavy atom. The average molecular weight is 410 g/mol. The van der Waals surface area contributed by atoms with Gasteiger partial charge >= 0.3 is 10.4 Å². The van der Waals surface area contributed by atoms with Crippen molar-refractivity contribution in [2.24, 2.45) is 5.92 Å². The highest BCUT2D eigenvalue weighted by Gasteiger charge is 2.22. The number of hydrogen-bond acceptors (Lipinski definition) is 12. The van der Waals surface area contributed by atoms with Crippen LogP contribution in [0.15, 0.2) is 19.3 Å². The third kappa shape index (κ3) is 5.55. The average Bonchev–Trinajstić information content (AvgIpc) is 3.14. The largest absolute Gasteiger partial charge is 0.413 e. The first-order valence-corrected chi connectivity index (χ1v) is 11.2. The molecule has 0 bridgehead atoms. The highest BCUT2D eigenvalue weighted by Crippen LogP contribution is 2.19. The van der Waals surface area contributed by atoms with Crippen LogP contribution < -0.4 is 0 Å². The number of aliphatic hydroxyl groups is 2. The molecule has 14 heteroatoms. The first kappa shape index (κ1) is 20.4. The van der Waals surface area contributed by atoms with Crippen LogP contribution in [0.3, 0.4) is 0 Å². The molecule has 2 aromatic heterocycles. The fraction of sp³-hybridized carbons (Fsp3) is 0.667. The first-order valence-electron chi connectivity index (χ1n) is 7.38. The summed E-state index contributed by atoms with van der Waals surface area (Å²) in [6, 6.07) is 0. The molecule has 0 aliphatic carbocycles. The molecule has 0 atom stereocenters. The van der Waals surface area contributed by atoms with Crippen molar-refractivity contribution in [3.8, 4) is 0 Å². The molecule has 0 unspecified atom stereocenters. The molecule has 2 heterocycles. The van der Waals surface area contributed by atoms with Crippen molar-refractivity contribution in [1.82, 2.24) is 20.4 Å². The van der Waals surface area contributed by atoms with Crippen LogP contribution in [-0.4, -0.2) is 66.2 Å². The highest BCUT2D eigenvalue weighted by atomic mass is 32.2. The zero-order chi connectivity index (χ0) is 19.5. The van der Waals surface area contributed by atoms with E-state index in [2.05, 4.69) is 20.4 Å². The van der Waals surface area contributed by atoms with Gasteiger partial charge in [0.1, 0.15) is 0 Å². The molecule has 26 heavy (non-hydrogen) atoms. The summed E-state index contributed by atoms with van der Waals surface area (Å²) in [6.07, 6.45) is 0.864. The summed E-state index contributed by atoms with van der Waals surface area (Å²) in [5, 5.41) is 31.9. The van der Waals surface area contributed by atoms with Gasteiger partial charge in [-0.1, -0.05) is 10.2 Å². The Labute approximate surface area is 149 Å². The molecule has 2 aromatic rings. The summed E-state index contributed by atoms with van der Waals surface area (Å²) in [7, 11) is -7.22. The van der Waals surface area contributed by atoms with Gasteiger partial charge in [-0.15, -0.1) is 10.2 Å². The van der Waals surface area contributed by atoms with Gasteiger partial charge in [-0.25, -0.2) is 16.8 Å². The minimum Gasteiger partial charge on any atom is -0.413 e. The van der Waals surface area contributed by atoms with Gasteiger partial charge in [-0.2, -0.15) is 0 Å². The lowest BCUT2D eigenvalue weighted by Gasteiger charge is -2.16. The lowest BCUT2D eigenvalue weighted by atomic mass is 9.97. The Balaban J connectivity index is 1.95. The van der Waals surface area contributed by atoms with E-state index in [9.17, 15) is 27.0 Å². The predicted octanol–water partition coefficient (Wildman–Crippen LogP) is -1.25. The Bertz CT molecular complexity index is 873. The second-order valence-corrected chi connectivity index (χ2v) is 9.51. The molecule has 0 spiro atoms. The maximum atomic E-state index is 11.3. The highest BCUT2D eigenvalue weighted by molar-refractivity contribution is 7.90. The van der Waals surface area contributed by atoms with E-state index in [-0.39, 0.29) is 37.5 Å². The maximum Gasteiger partial charge on any atom is 0.335 e. The smallest absolute Gasteiger partial charge is 0.335 e. The lowest BCUT2D eigenvalue weighted by Crippen LogP contribution is -2.21. The van der Waals surface area contributed by atoms with E-state index in [0.717, 1.165) is 12.5 Å². The zero-order valence-electron chi connectivity index (χ0n) is 13.9. The van der Waals surface area contributed by atoms with Crippen LogP contribution in [0.1, 0.15) is 24.6 Å². The number of sulfone groups is 2. The van der Waals surface area contributed by atoms with Gasteiger partial charge in [0.15, 0.2) is 6.29 Å². The van der Waals surface area contributed by atoms with Crippen LogP contribution in [0.5, 0.6) is 0 Å². The molecule has 0 aliphatic heterocycles. The summed E-state index contributed by atoms with van der Waals surface area (Å²) in [5.41, 5.74) is 0. The Morgan fingerprint density at radius 2 is 1.19 bits per heavy atom. The van der Waals surface area contributed by atoms with Gasteiger partial charge in [-0.3, -0.25) is 0 Å². The molecule has 0 radical (unpaired) electrons. The van der Waals surface area contributed by atoms with Crippen molar-refractivity contribution in [1.29, 1.82) is 0 Å². The molecular weight excluding hydrogens is 392 g/mol. The normalized spacial score (nSPS) is 13.0. The Kier molecular flexibility index (Phi) is 6.10. The van der Waals surface area contributed by atoms with Crippen LogP contribution in [0, 0.1) is 5.92 Å². The number of nitrogens with zero attached hydrogens (tertiary/aromatic N) is 4. The van der Waals surface area contributed by atoms with Crippen LogP contribution >= 0.6 is 0 Å². The van der Waals surface area contributed by atoms with E-state index < -0.39 is 42.3 Å². The standard InChI is InChI=1S/C12H18N4O8S2/c1-25(19,20)11-15-13-8(23-11)5-3-7(10(17)18)4-6-9-14-16-12(24-9)26(2,21)22/h7,10,17-18H,3-6H2,1-2H3. The molecule has 2 rings (SSSR count). The quantitative estimate of drug-likeness (QED) is 0.468. The minimum atomic E-state index is -3.61. The molecule has 0 fully saturated rings. The summed E-state index contributed by atoms with van der Waals surface area (Å²) < 4.78 is 55.1. The van der Waals surface area contributed by atoms with Crippen molar-refractivity contribution in [2.45, 2.75) is 42.4 Å². The van der Waals surface area contributed by atoms with E-state index in [0.29, 0.717) is 0 Å². The van der Waals surface area contributed by atoms with Crippen molar-refractivity contribution in [3.63, 3.8) is 0 Å². The topological polar surface area (TPSA) is 187 Å². The SMILES string of the molecule is CS(=O)(=O)c1nnc(CCC(CCc2nnc(S(C)(=O)=O)o2)C(O)O)o1. The third-order valence-corrected chi connectivity index (χ3v) is 5.01. The third-order valence-electron chi connectivity index (χ3n) is 3.41. The first-order chi connectivity index (χ1) is 12.0. The number of hydrogen-bond donors (Lipinski definition) is 2. The molecule has 0 amide bonds. The molecule has 0 saturated heterocycles. The molecule has 0 aliphatic rings. The van der Waals surface area contributed by atoms with E-state index in [1.807, 2.05) is 0 Å². The van der Waals surface area contributed by atoms with Gasteiger partial charge in [0.2, 0.25) is 31.5 Å². The Hall–Kier alpha value is -1.90. The fourth-order valence-corrected chi connectivity index (χ4v) is 2.91. The predicted molar refractivity (Wildman–Crippen MR) is 83.2 cm³/mol. The van der Waals surface area contributed by atoms with Gasteiger partial charge < -0.3 is 19.0 Å². The van der Waals surface area contributed by atoms with Gasteiger partial charge in [0.05, 0.1) is 0 Å². The number of rotatable bonds is 9. The molecule has 2 N–H and O–H groups in total. The number of aromatic nitrogens is 4. The number of aliphatic hydroxyl groups excluding tert-OH is 1. The zero-order valence-corrected chi connectivity index (χ0v) is 15.6. The van der Waals surface area contributed by atoms with Gasteiger partial charge in [0.25, 0.3) is 0 Å².